The number of rotatable bonds is 5. The SMILES string of the molecule is C=CCNC(=S)N/N=C(\C)CC(C)C. The van der Waals surface area contributed by atoms with E-state index < -0.39 is 0 Å². The van der Waals surface area contributed by atoms with E-state index in [1.807, 2.05) is 6.92 Å². The fourth-order valence-corrected chi connectivity index (χ4v) is 1.12. The third-order valence-electron chi connectivity index (χ3n) is 1.46. The van der Waals surface area contributed by atoms with Crippen molar-refractivity contribution in [1.29, 1.82) is 0 Å². The zero-order valence-corrected chi connectivity index (χ0v) is 9.95. The van der Waals surface area contributed by atoms with Gasteiger partial charge < -0.3 is 5.32 Å². The molecule has 0 aliphatic rings. The van der Waals surface area contributed by atoms with Gasteiger partial charge in [0.1, 0.15) is 0 Å². The molecule has 0 spiro atoms. The summed E-state index contributed by atoms with van der Waals surface area (Å²) in [5.74, 6) is 0.621. The molecule has 0 rings (SSSR count). The summed E-state index contributed by atoms with van der Waals surface area (Å²) in [6.45, 7) is 10.5. The maximum Gasteiger partial charge on any atom is 0.187 e. The monoisotopic (exact) mass is 213 g/mol. The van der Waals surface area contributed by atoms with Crippen LogP contribution in [0.15, 0.2) is 17.8 Å². The van der Waals surface area contributed by atoms with Gasteiger partial charge in [-0.25, -0.2) is 0 Å². The Bertz CT molecular complexity index is 221. The van der Waals surface area contributed by atoms with Crippen LogP contribution in [0.1, 0.15) is 27.2 Å². The molecule has 0 radical (unpaired) electrons. The highest BCUT2D eigenvalue weighted by Gasteiger charge is 1.97. The summed E-state index contributed by atoms with van der Waals surface area (Å²) >= 11 is 4.97. The molecule has 4 heteroatoms. The van der Waals surface area contributed by atoms with Crippen molar-refractivity contribution < 1.29 is 0 Å². The van der Waals surface area contributed by atoms with Crippen LogP contribution in [0.2, 0.25) is 0 Å². The van der Waals surface area contributed by atoms with Crippen LogP contribution in [0, 0.1) is 5.92 Å². The molecule has 0 atom stereocenters. The Labute approximate surface area is 91.7 Å². The molecule has 0 unspecified atom stereocenters. The van der Waals surface area contributed by atoms with Crippen molar-refractivity contribution in [3.63, 3.8) is 0 Å². The lowest BCUT2D eigenvalue weighted by Gasteiger charge is -2.07. The molecular formula is C10H19N3S. The van der Waals surface area contributed by atoms with Gasteiger partial charge in [0.25, 0.3) is 0 Å². The molecular weight excluding hydrogens is 194 g/mol. The first-order chi connectivity index (χ1) is 6.56. The first-order valence-electron chi connectivity index (χ1n) is 4.74. The van der Waals surface area contributed by atoms with Crippen LogP contribution in [-0.4, -0.2) is 17.4 Å². The summed E-state index contributed by atoms with van der Waals surface area (Å²) in [6, 6.07) is 0. The normalized spacial score (nSPS) is 11.3. The van der Waals surface area contributed by atoms with Crippen molar-refractivity contribution in [3.8, 4) is 0 Å². The van der Waals surface area contributed by atoms with Crippen LogP contribution in [0.3, 0.4) is 0 Å². The average Bonchev–Trinajstić information content (AvgIpc) is 2.10. The van der Waals surface area contributed by atoms with E-state index in [-0.39, 0.29) is 0 Å². The van der Waals surface area contributed by atoms with Crippen LogP contribution in [0.25, 0.3) is 0 Å². The second-order valence-electron chi connectivity index (χ2n) is 3.56. The lowest BCUT2D eigenvalue weighted by Crippen LogP contribution is -2.32. The minimum atomic E-state index is 0.535. The minimum Gasteiger partial charge on any atom is -0.358 e. The fraction of sp³-hybridized carbons (Fsp3) is 0.600. The number of hydrazone groups is 1. The van der Waals surface area contributed by atoms with Gasteiger partial charge in [-0.1, -0.05) is 19.9 Å². The minimum absolute atomic E-state index is 0.535. The number of nitrogens with one attached hydrogen (secondary N) is 2. The summed E-state index contributed by atoms with van der Waals surface area (Å²) in [6.07, 6.45) is 2.73. The molecule has 0 aromatic rings. The van der Waals surface area contributed by atoms with E-state index in [0.29, 0.717) is 17.6 Å². The smallest absolute Gasteiger partial charge is 0.187 e. The predicted octanol–water partition coefficient (Wildman–Crippen LogP) is 2.06. The Balaban J connectivity index is 3.77. The summed E-state index contributed by atoms with van der Waals surface area (Å²) in [5, 5.41) is 7.62. The Kier molecular flexibility index (Phi) is 7.02. The molecule has 0 heterocycles. The number of hydrogen-bond acceptors (Lipinski definition) is 2. The maximum absolute atomic E-state index is 4.97. The summed E-state index contributed by atoms with van der Waals surface area (Å²) < 4.78 is 0. The number of hydrogen-bond donors (Lipinski definition) is 2. The Hall–Kier alpha value is -0.900. The highest BCUT2D eigenvalue weighted by atomic mass is 32.1. The van der Waals surface area contributed by atoms with E-state index in [1.54, 1.807) is 6.08 Å². The molecule has 14 heavy (non-hydrogen) atoms. The third-order valence-corrected chi connectivity index (χ3v) is 1.69. The van der Waals surface area contributed by atoms with Gasteiger partial charge in [0, 0.05) is 12.3 Å². The highest BCUT2D eigenvalue weighted by Crippen LogP contribution is 2.00. The van der Waals surface area contributed by atoms with Crippen molar-refractivity contribution in [1.82, 2.24) is 10.7 Å². The Morgan fingerprint density at radius 3 is 2.71 bits per heavy atom. The van der Waals surface area contributed by atoms with Crippen molar-refractivity contribution in [3.05, 3.63) is 12.7 Å². The van der Waals surface area contributed by atoms with Gasteiger partial charge in [0.2, 0.25) is 0 Å². The molecule has 2 N–H and O–H groups in total. The average molecular weight is 213 g/mol. The molecule has 3 nitrogen and oxygen atoms in total. The second-order valence-corrected chi connectivity index (χ2v) is 3.96. The van der Waals surface area contributed by atoms with E-state index in [0.717, 1.165) is 12.1 Å². The highest BCUT2D eigenvalue weighted by molar-refractivity contribution is 7.80. The van der Waals surface area contributed by atoms with Gasteiger partial charge >= 0.3 is 0 Å². The standard InChI is InChI=1S/C10H19N3S/c1-5-6-11-10(14)13-12-9(4)7-8(2)3/h5,8H,1,6-7H2,2-4H3,(H2,11,13,14)/b12-9+. The van der Waals surface area contributed by atoms with Crippen molar-refractivity contribution >= 4 is 23.0 Å². The van der Waals surface area contributed by atoms with E-state index in [9.17, 15) is 0 Å². The molecule has 80 valence electrons. The molecule has 0 bridgehead atoms. The van der Waals surface area contributed by atoms with Crippen LogP contribution in [0.5, 0.6) is 0 Å². The number of thiocarbonyl (C=S) groups is 1. The summed E-state index contributed by atoms with van der Waals surface area (Å²) in [7, 11) is 0. The second kappa shape index (κ2) is 7.50. The topological polar surface area (TPSA) is 36.4 Å². The van der Waals surface area contributed by atoms with Crippen molar-refractivity contribution in [2.75, 3.05) is 6.54 Å². The summed E-state index contributed by atoms with van der Waals surface area (Å²) in [5.41, 5.74) is 3.84. The molecule has 0 aromatic carbocycles. The molecule has 0 aromatic heterocycles. The van der Waals surface area contributed by atoms with Crippen molar-refractivity contribution in [2.24, 2.45) is 11.0 Å². The lowest BCUT2D eigenvalue weighted by atomic mass is 10.1. The van der Waals surface area contributed by atoms with Crippen LogP contribution in [-0.2, 0) is 0 Å². The first-order valence-corrected chi connectivity index (χ1v) is 5.15. The molecule has 0 aliphatic carbocycles. The van der Waals surface area contributed by atoms with Crippen LogP contribution in [0.4, 0.5) is 0 Å². The van der Waals surface area contributed by atoms with E-state index in [1.165, 1.54) is 0 Å². The molecule has 0 fully saturated rings. The fourth-order valence-electron chi connectivity index (χ4n) is 0.987. The van der Waals surface area contributed by atoms with Gasteiger partial charge in [-0.15, -0.1) is 6.58 Å². The maximum atomic E-state index is 4.97. The zero-order valence-electron chi connectivity index (χ0n) is 9.13. The quantitative estimate of drug-likeness (QED) is 0.318. The van der Waals surface area contributed by atoms with E-state index in [4.69, 9.17) is 12.2 Å². The lowest BCUT2D eigenvalue weighted by molar-refractivity contribution is 0.679. The predicted molar refractivity (Wildman–Crippen MR) is 66.5 cm³/mol. The largest absolute Gasteiger partial charge is 0.358 e. The molecule has 0 amide bonds. The van der Waals surface area contributed by atoms with Crippen molar-refractivity contribution in [2.45, 2.75) is 27.2 Å². The van der Waals surface area contributed by atoms with Gasteiger partial charge in [0.05, 0.1) is 0 Å². The number of nitrogens with zero attached hydrogens (tertiary/aromatic N) is 1. The Morgan fingerprint density at radius 1 is 1.57 bits per heavy atom. The van der Waals surface area contributed by atoms with Gasteiger partial charge in [-0.05, 0) is 31.5 Å². The van der Waals surface area contributed by atoms with Gasteiger partial charge in [-0.3, -0.25) is 5.43 Å². The molecule has 0 aliphatic heterocycles. The molecule has 0 saturated heterocycles. The third kappa shape index (κ3) is 7.73. The summed E-state index contributed by atoms with van der Waals surface area (Å²) in [4.78, 5) is 0. The molecule has 0 saturated carbocycles. The van der Waals surface area contributed by atoms with E-state index in [2.05, 4.69) is 36.3 Å². The van der Waals surface area contributed by atoms with Gasteiger partial charge in [0.15, 0.2) is 5.11 Å². The Morgan fingerprint density at radius 2 is 2.21 bits per heavy atom. The van der Waals surface area contributed by atoms with Crippen LogP contribution >= 0.6 is 12.2 Å². The van der Waals surface area contributed by atoms with E-state index >= 15 is 0 Å². The van der Waals surface area contributed by atoms with Gasteiger partial charge in [-0.2, -0.15) is 5.10 Å². The zero-order chi connectivity index (χ0) is 11.0. The first kappa shape index (κ1) is 13.1. The van der Waals surface area contributed by atoms with Crippen LogP contribution < -0.4 is 10.7 Å².